The van der Waals surface area contributed by atoms with E-state index in [1.807, 2.05) is 36.4 Å². The van der Waals surface area contributed by atoms with E-state index in [-0.39, 0.29) is 24.3 Å². The first-order valence-electron chi connectivity index (χ1n) is 10.0. The number of carbonyl (C=O) groups is 1. The van der Waals surface area contributed by atoms with Crippen LogP contribution in [0.4, 0.5) is 0 Å². The molecule has 0 fully saturated rings. The SMILES string of the molecule is CCOC(=O)C(C)n1cnc2c1c(=O)n(Cc1ccccc1)c(=O)n2-c1ccccc1. The van der Waals surface area contributed by atoms with Crippen molar-refractivity contribution in [3.8, 4) is 5.69 Å². The predicted octanol–water partition coefficient (Wildman–Crippen LogP) is 2.52. The number of hydrogen-bond donors (Lipinski definition) is 0. The van der Waals surface area contributed by atoms with Gasteiger partial charge in [-0.05, 0) is 31.5 Å². The zero-order valence-electron chi connectivity index (χ0n) is 17.3. The first-order valence-corrected chi connectivity index (χ1v) is 10.0. The molecular weight excluding hydrogens is 396 g/mol. The molecule has 1 atom stereocenters. The van der Waals surface area contributed by atoms with Crippen molar-refractivity contribution in [3.63, 3.8) is 0 Å². The maximum absolute atomic E-state index is 13.4. The molecule has 0 saturated heterocycles. The number of ether oxygens (including phenoxy) is 1. The second-order valence-corrected chi connectivity index (χ2v) is 7.08. The average molecular weight is 418 g/mol. The van der Waals surface area contributed by atoms with Gasteiger partial charge >= 0.3 is 11.7 Å². The Balaban J connectivity index is 2.01. The molecule has 0 N–H and O–H groups in total. The molecule has 0 aliphatic carbocycles. The van der Waals surface area contributed by atoms with Crippen LogP contribution in [0, 0.1) is 0 Å². The summed E-state index contributed by atoms with van der Waals surface area (Å²) in [5.41, 5.74) is 0.742. The monoisotopic (exact) mass is 418 g/mol. The van der Waals surface area contributed by atoms with E-state index < -0.39 is 23.3 Å². The highest BCUT2D eigenvalue weighted by Gasteiger charge is 2.24. The lowest BCUT2D eigenvalue weighted by atomic mass is 10.2. The second-order valence-electron chi connectivity index (χ2n) is 7.08. The predicted molar refractivity (Wildman–Crippen MR) is 116 cm³/mol. The number of para-hydroxylation sites is 1. The number of imidazole rings is 1. The number of benzene rings is 2. The molecule has 0 aliphatic heterocycles. The molecule has 0 bridgehead atoms. The zero-order chi connectivity index (χ0) is 22.0. The van der Waals surface area contributed by atoms with Gasteiger partial charge in [0, 0.05) is 0 Å². The number of hydrogen-bond acceptors (Lipinski definition) is 5. The van der Waals surface area contributed by atoms with Crippen LogP contribution in [0.15, 0.2) is 76.6 Å². The molecule has 8 nitrogen and oxygen atoms in total. The fourth-order valence-corrected chi connectivity index (χ4v) is 3.53. The summed E-state index contributed by atoms with van der Waals surface area (Å²) in [4.78, 5) is 43.5. The third kappa shape index (κ3) is 3.68. The number of rotatable bonds is 6. The average Bonchev–Trinajstić information content (AvgIpc) is 3.22. The maximum Gasteiger partial charge on any atom is 0.337 e. The lowest BCUT2D eigenvalue weighted by Crippen LogP contribution is -2.40. The summed E-state index contributed by atoms with van der Waals surface area (Å²) in [5, 5.41) is 0. The fraction of sp³-hybridized carbons (Fsp3) is 0.217. The molecule has 1 unspecified atom stereocenters. The number of aromatic nitrogens is 4. The molecule has 31 heavy (non-hydrogen) atoms. The normalized spacial score (nSPS) is 12.1. The Morgan fingerprint density at radius 3 is 2.32 bits per heavy atom. The van der Waals surface area contributed by atoms with Gasteiger partial charge < -0.3 is 9.30 Å². The van der Waals surface area contributed by atoms with Gasteiger partial charge in [-0.1, -0.05) is 48.5 Å². The van der Waals surface area contributed by atoms with E-state index in [2.05, 4.69) is 4.98 Å². The van der Waals surface area contributed by atoms with Gasteiger partial charge in [-0.2, -0.15) is 0 Å². The van der Waals surface area contributed by atoms with E-state index in [0.29, 0.717) is 5.69 Å². The van der Waals surface area contributed by atoms with Crippen molar-refractivity contribution in [3.05, 3.63) is 93.4 Å². The van der Waals surface area contributed by atoms with Crippen LogP contribution in [0.3, 0.4) is 0 Å². The van der Waals surface area contributed by atoms with Crippen LogP contribution in [-0.2, 0) is 16.1 Å². The quantitative estimate of drug-likeness (QED) is 0.449. The highest BCUT2D eigenvalue weighted by Crippen LogP contribution is 2.18. The summed E-state index contributed by atoms with van der Waals surface area (Å²) in [5.74, 6) is -0.478. The van der Waals surface area contributed by atoms with Crippen molar-refractivity contribution in [1.82, 2.24) is 18.7 Å². The van der Waals surface area contributed by atoms with Crippen molar-refractivity contribution in [2.75, 3.05) is 6.61 Å². The Bertz CT molecular complexity index is 1340. The smallest absolute Gasteiger partial charge is 0.337 e. The summed E-state index contributed by atoms with van der Waals surface area (Å²) in [6.07, 6.45) is 1.40. The molecule has 0 amide bonds. The molecular formula is C23H22N4O4. The van der Waals surface area contributed by atoms with Crippen LogP contribution in [0.2, 0.25) is 0 Å². The van der Waals surface area contributed by atoms with E-state index in [1.54, 1.807) is 38.1 Å². The minimum atomic E-state index is -0.774. The van der Waals surface area contributed by atoms with Gasteiger partial charge in [0.05, 0.1) is 25.2 Å². The van der Waals surface area contributed by atoms with Crippen LogP contribution < -0.4 is 11.2 Å². The van der Waals surface area contributed by atoms with Crippen molar-refractivity contribution in [1.29, 1.82) is 0 Å². The van der Waals surface area contributed by atoms with Crippen LogP contribution in [-0.4, -0.2) is 31.3 Å². The Morgan fingerprint density at radius 1 is 1.03 bits per heavy atom. The summed E-state index contributed by atoms with van der Waals surface area (Å²) in [6.45, 7) is 3.68. The third-order valence-electron chi connectivity index (χ3n) is 5.10. The van der Waals surface area contributed by atoms with Crippen LogP contribution in [0.5, 0.6) is 0 Å². The van der Waals surface area contributed by atoms with Gasteiger partial charge in [-0.3, -0.25) is 9.36 Å². The van der Waals surface area contributed by atoms with Crippen molar-refractivity contribution < 1.29 is 9.53 Å². The number of carbonyl (C=O) groups excluding carboxylic acids is 1. The molecule has 0 aliphatic rings. The molecule has 0 radical (unpaired) electrons. The molecule has 2 heterocycles. The molecule has 4 aromatic rings. The minimum absolute atomic E-state index is 0.0975. The van der Waals surface area contributed by atoms with Gasteiger partial charge in [0.1, 0.15) is 6.04 Å². The van der Waals surface area contributed by atoms with Crippen LogP contribution in [0.25, 0.3) is 16.9 Å². The Hall–Kier alpha value is -3.94. The maximum atomic E-state index is 13.4. The zero-order valence-corrected chi connectivity index (χ0v) is 17.3. The number of fused-ring (bicyclic) bond motifs is 1. The Labute approximate surface area is 178 Å². The van der Waals surface area contributed by atoms with Crippen molar-refractivity contribution >= 4 is 17.1 Å². The third-order valence-corrected chi connectivity index (χ3v) is 5.10. The largest absolute Gasteiger partial charge is 0.464 e. The van der Waals surface area contributed by atoms with Crippen LogP contribution in [0.1, 0.15) is 25.5 Å². The van der Waals surface area contributed by atoms with E-state index >= 15 is 0 Å². The van der Waals surface area contributed by atoms with Gasteiger partial charge in [-0.25, -0.2) is 19.1 Å². The molecule has 2 aromatic carbocycles. The molecule has 4 rings (SSSR count). The van der Waals surface area contributed by atoms with E-state index in [1.165, 1.54) is 20.0 Å². The fourth-order valence-electron chi connectivity index (χ4n) is 3.53. The second kappa shape index (κ2) is 8.43. The van der Waals surface area contributed by atoms with Gasteiger partial charge in [0.2, 0.25) is 0 Å². The molecule has 158 valence electrons. The lowest BCUT2D eigenvalue weighted by Gasteiger charge is -2.15. The summed E-state index contributed by atoms with van der Waals surface area (Å²) < 4.78 is 9.15. The van der Waals surface area contributed by atoms with Gasteiger partial charge in [0.15, 0.2) is 11.2 Å². The first kappa shape index (κ1) is 20.3. The van der Waals surface area contributed by atoms with Crippen LogP contribution >= 0.6 is 0 Å². The summed E-state index contributed by atoms with van der Waals surface area (Å²) in [6, 6.07) is 17.5. The molecule has 8 heteroatoms. The highest BCUT2D eigenvalue weighted by molar-refractivity contribution is 5.79. The molecule has 0 saturated carbocycles. The highest BCUT2D eigenvalue weighted by atomic mass is 16.5. The summed E-state index contributed by atoms with van der Waals surface area (Å²) in [7, 11) is 0. The topological polar surface area (TPSA) is 88.1 Å². The molecule has 0 spiro atoms. The molecule has 2 aromatic heterocycles. The van der Waals surface area contributed by atoms with E-state index in [9.17, 15) is 14.4 Å². The van der Waals surface area contributed by atoms with Gasteiger partial charge in [-0.15, -0.1) is 0 Å². The Kier molecular flexibility index (Phi) is 5.53. The van der Waals surface area contributed by atoms with Crippen molar-refractivity contribution in [2.24, 2.45) is 0 Å². The standard InChI is InChI=1S/C23H22N4O4/c1-3-31-22(29)16(2)26-15-24-20-19(26)21(28)25(14-17-10-6-4-7-11-17)23(30)27(20)18-12-8-5-9-13-18/h4-13,15-16H,3,14H2,1-2H3. The van der Waals surface area contributed by atoms with E-state index in [0.717, 1.165) is 5.56 Å². The Morgan fingerprint density at radius 2 is 1.68 bits per heavy atom. The number of esters is 1. The van der Waals surface area contributed by atoms with E-state index in [4.69, 9.17) is 4.74 Å². The first-order chi connectivity index (χ1) is 15.0. The lowest BCUT2D eigenvalue weighted by molar-refractivity contribution is -0.146. The number of nitrogens with zero attached hydrogens (tertiary/aromatic N) is 4. The van der Waals surface area contributed by atoms with Gasteiger partial charge in [0.25, 0.3) is 5.56 Å². The minimum Gasteiger partial charge on any atom is -0.464 e. The summed E-state index contributed by atoms with van der Waals surface area (Å²) >= 11 is 0. The van der Waals surface area contributed by atoms with Crippen molar-refractivity contribution in [2.45, 2.75) is 26.4 Å².